The Bertz CT molecular complexity index is 159. The standard InChI is InChI=1S/C10H21NO3/c1-4-5-14-7-10(13)11-6-9(12)8(2)3/h8-9,12H,4-7H2,1-3H3,(H,11,13). The maximum Gasteiger partial charge on any atom is 0.246 e. The van der Waals surface area contributed by atoms with E-state index in [0.717, 1.165) is 6.42 Å². The van der Waals surface area contributed by atoms with E-state index in [0.29, 0.717) is 13.2 Å². The second-order valence-corrected chi connectivity index (χ2v) is 3.67. The number of ether oxygens (including phenoxy) is 1. The van der Waals surface area contributed by atoms with Gasteiger partial charge in [0.25, 0.3) is 0 Å². The molecule has 1 amide bonds. The molecule has 0 aliphatic carbocycles. The molecule has 1 unspecified atom stereocenters. The van der Waals surface area contributed by atoms with E-state index >= 15 is 0 Å². The number of hydrogen-bond acceptors (Lipinski definition) is 3. The Labute approximate surface area is 85.6 Å². The molecule has 0 radical (unpaired) electrons. The number of aliphatic hydroxyl groups excluding tert-OH is 1. The lowest BCUT2D eigenvalue weighted by Crippen LogP contribution is -2.36. The zero-order chi connectivity index (χ0) is 11.0. The fourth-order valence-electron chi connectivity index (χ4n) is 0.814. The highest BCUT2D eigenvalue weighted by Crippen LogP contribution is 1.98. The smallest absolute Gasteiger partial charge is 0.246 e. The Balaban J connectivity index is 3.44. The number of hydrogen-bond donors (Lipinski definition) is 2. The van der Waals surface area contributed by atoms with E-state index in [9.17, 15) is 9.90 Å². The average Bonchev–Trinajstić information content (AvgIpc) is 2.14. The van der Waals surface area contributed by atoms with Crippen molar-refractivity contribution < 1.29 is 14.6 Å². The number of nitrogens with one attached hydrogen (secondary N) is 1. The molecular weight excluding hydrogens is 182 g/mol. The van der Waals surface area contributed by atoms with Crippen LogP contribution in [-0.4, -0.2) is 36.9 Å². The summed E-state index contributed by atoms with van der Waals surface area (Å²) in [7, 11) is 0. The van der Waals surface area contributed by atoms with Gasteiger partial charge in [0.1, 0.15) is 6.61 Å². The molecule has 0 aromatic rings. The van der Waals surface area contributed by atoms with Gasteiger partial charge in [-0.1, -0.05) is 20.8 Å². The molecule has 4 heteroatoms. The summed E-state index contributed by atoms with van der Waals surface area (Å²) >= 11 is 0. The lowest BCUT2D eigenvalue weighted by Gasteiger charge is -2.14. The van der Waals surface area contributed by atoms with E-state index in [4.69, 9.17) is 4.74 Å². The Morgan fingerprint density at radius 1 is 1.50 bits per heavy atom. The van der Waals surface area contributed by atoms with Crippen LogP contribution in [0.15, 0.2) is 0 Å². The first-order valence-electron chi connectivity index (χ1n) is 5.10. The maximum atomic E-state index is 11.1. The fourth-order valence-corrected chi connectivity index (χ4v) is 0.814. The van der Waals surface area contributed by atoms with Gasteiger partial charge in [0.2, 0.25) is 5.91 Å². The van der Waals surface area contributed by atoms with Crippen molar-refractivity contribution in [2.24, 2.45) is 5.92 Å². The lowest BCUT2D eigenvalue weighted by atomic mass is 10.1. The molecule has 0 aliphatic heterocycles. The first kappa shape index (κ1) is 13.4. The molecule has 14 heavy (non-hydrogen) atoms. The third kappa shape index (κ3) is 6.86. The largest absolute Gasteiger partial charge is 0.391 e. The Morgan fingerprint density at radius 3 is 2.64 bits per heavy atom. The second kappa shape index (κ2) is 7.76. The number of carbonyl (C=O) groups is 1. The molecule has 1 atom stereocenters. The molecule has 0 saturated carbocycles. The van der Waals surface area contributed by atoms with Crippen molar-refractivity contribution in [1.82, 2.24) is 5.32 Å². The monoisotopic (exact) mass is 203 g/mol. The summed E-state index contributed by atoms with van der Waals surface area (Å²) in [5, 5.41) is 12.0. The van der Waals surface area contributed by atoms with Gasteiger partial charge in [-0.3, -0.25) is 4.79 Å². The molecule has 0 aliphatic rings. The first-order chi connectivity index (χ1) is 6.57. The molecule has 0 spiro atoms. The molecular formula is C10H21NO3. The minimum absolute atomic E-state index is 0.0820. The summed E-state index contributed by atoms with van der Waals surface area (Å²) in [6.45, 7) is 6.78. The molecule has 84 valence electrons. The number of rotatable bonds is 7. The highest BCUT2D eigenvalue weighted by molar-refractivity contribution is 5.77. The molecule has 2 N–H and O–H groups in total. The quantitative estimate of drug-likeness (QED) is 0.594. The van der Waals surface area contributed by atoms with Crippen LogP contribution in [-0.2, 0) is 9.53 Å². The van der Waals surface area contributed by atoms with Crippen LogP contribution < -0.4 is 5.32 Å². The molecule has 0 bridgehead atoms. The van der Waals surface area contributed by atoms with Crippen LogP contribution >= 0.6 is 0 Å². The topological polar surface area (TPSA) is 58.6 Å². The summed E-state index contributed by atoms with van der Waals surface area (Å²) in [6, 6.07) is 0. The van der Waals surface area contributed by atoms with Gasteiger partial charge >= 0.3 is 0 Å². The second-order valence-electron chi connectivity index (χ2n) is 3.67. The van der Waals surface area contributed by atoms with E-state index < -0.39 is 6.10 Å². The summed E-state index contributed by atoms with van der Waals surface area (Å²) in [5.41, 5.74) is 0. The van der Waals surface area contributed by atoms with Crippen LogP contribution in [0.2, 0.25) is 0 Å². The summed E-state index contributed by atoms with van der Waals surface area (Å²) in [4.78, 5) is 11.1. The fraction of sp³-hybridized carbons (Fsp3) is 0.900. The number of amides is 1. The van der Waals surface area contributed by atoms with Gasteiger partial charge in [0, 0.05) is 13.2 Å². The molecule has 0 heterocycles. The number of aliphatic hydroxyl groups is 1. The van der Waals surface area contributed by atoms with Gasteiger partial charge < -0.3 is 15.2 Å². The highest BCUT2D eigenvalue weighted by Gasteiger charge is 2.10. The van der Waals surface area contributed by atoms with E-state index in [2.05, 4.69) is 5.32 Å². The van der Waals surface area contributed by atoms with Crippen LogP contribution in [0.25, 0.3) is 0 Å². The summed E-state index contributed by atoms with van der Waals surface area (Å²) in [5.74, 6) is -0.00925. The third-order valence-corrected chi connectivity index (χ3v) is 1.86. The van der Waals surface area contributed by atoms with Crippen LogP contribution in [0.4, 0.5) is 0 Å². The molecule has 0 fully saturated rings. The minimum atomic E-state index is -0.481. The normalized spacial score (nSPS) is 12.9. The van der Waals surface area contributed by atoms with Gasteiger partial charge in [-0.15, -0.1) is 0 Å². The highest BCUT2D eigenvalue weighted by atomic mass is 16.5. The Morgan fingerprint density at radius 2 is 2.14 bits per heavy atom. The van der Waals surface area contributed by atoms with Crippen molar-refractivity contribution >= 4 is 5.91 Å². The van der Waals surface area contributed by atoms with Gasteiger partial charge in [0.05, 0.1) is 6.10 Å². The molecule has 0 rings (SSSR count). The third-order valence-electron chi connectivity index (χ3n) is 1.86. The van der Waals surface area contributed by atoms with Gasteiger partial charge in [-0.2, -0.15) is 0 Å². The summed E-state index contributed by atoms with van der Waals surface area (Å²) < 4.78 is 5.04. The molecule has 4 nitrogen and oxygen atoms in total. The van der Waals surface area contributed by atoms with E-state index in [1.807, 2.05) is 20.8 Å². The van der Waals surface area contributed by atoms with Crippen molar-refractivity contribution in [3.8, 4) is 0 Å². The van der Waals surface area contributed by atoms with Crippen molar-refractivity contribution in [2.45, 2.75) is 33.3 Å². The number of carbonyl (C=O) groups excluding carboxylic acids is 1. The minimum Gasteiger partial charge on any atom is -0.391 e. The first-order valence-corrected chi connectivity index (χ1v) is 5.10. The van der Waals surface area contributed by atoms with Crippen molar-refractivity contribution in [3.63, 3.8) is 0 Å². The maximum absolute atomic E-state index is 11.1. The zero-order valence-electron chi connectivity index (χ0n) is 9.25. The van der Waals surface area contributed by atoms with Crippen LogP contribution in [0.3, 0.4) is 0 Å². The van der Waals surface area contributed by atoms with Crippen molar-refractivity contribution in [3.05, 3.63) is 0 Å². The van der Waals surface area contributed by atoms with Crippen LogP contribution in [0.5, 0.6) is 0 Å². The van der Waals surface area contributed by atoms with E-state index in [1.165, 1.54) is 0 Å². The average molecular weight is 203 g/mol. The summed E-state index contributed by atoms with van der Waals surface area (Å²) in [6.07, 6.45) is 0.423. The molecule has 0 aromatic carbocycles. The predicted molar refractivity (Wildman–Crippen MR) is 55.0 cm³/mol. The van der Waals surface area contributed by atoms with Crippen molar-refractivity contribution in [2.75, 3.05) is 19.8 Å². The van der Waals surface area contributed by atoms with E-state index in [1.54, 1.807) is 0 Å². The van der Waals surface area contributed by atoms with Gasteiger partial charge in [0.15, 0.2) is 0 Å². The van der Waals surface area contributed by atoms with Crippen LogP contribution in [0.1, 0.15) is 27.2 Å². The van der Waals surface area contributed by atoms with Gasteiger partial charge in [-0.05, 0) is 12.3 Å². The predicted octanol–water partition coefficient (Wildman–Crippen LogP) is 0.546. The SMILES string of the molecule is CCCOCC(=O)NCC(O)C(C)C. The lowest BCUT2D eigenvalue weighted by molar-refractivity contribution is -0.126. The van der Waals surface area contributed by atoms with E-state index in [-0.39, 0.29) is 18.4 Å². The molecule has 0 saturated heterocycles. The van der Waals surface area contributed by atoms with Crippen molar-refractivity contribution in [1.29, 1.82) is 0 Å². The zero-order valence-corrected chi connectivity index (χ0v) is 9.25. The molecule has 0 aromatic heterocycles. The Kier molecular flexibility index (Phi) is 7.42. The van der Waals surface area contributed by atoms with Gasteiger partial charge in [-0.25, -0.2) is 0 Å². The Hall–Kier alpha value is -0.610. The van der Waals surface area contributed by atoms with Crippen LogP contribution in [0, 0.1) is 5.92 Å².